The van der Waals surface area contributed by atoms with Crippen LogP contribution < -0.4 is 10.2 Å². The number of thiazole rings is 1. The second-order valence-corrected chi connectivity index (χ2v) is 6.55. The number of methoxy groups -OCH3 is 1. The minimum atomic E-state index is 0.616. The van der Waals surface area contributed by atoms with E-state index in [9.17, 15) is 0 Å². The largest absolute Gasteiger partial charge is 0.378 e. The van der Waals surface area contributed by atoms with Crippen molar-refractivity contribution in [3.05, 3.63) is 10.6 Å². The topological polar surface area (TPSA) is 37.4 Å². The number of nitrogens with zero attached hydrogens (tertiary/aromatic N) is 2. The first-order valence-corrected chi connectivity index (χ1v) is 8.53. The summed E-state index contributed by atoms with van der Waals surface area (Å²) in [6, 6.07) is 0. The SMILES string of the molecule is CCCNCc1sc(N2CCC(CC)C2)nc1COC. The van der Waals surface area contributed by atoms with Crippen LogP contribution >= 0.6 is 11.3 Å². The number of rotatable bonds is 8. The molecule has 1 aromatic rings. The maximum absolute atomic E-state index is 5.29. The monoisotopic (exact) mass is 297 g/mol. The van der Waals surface area contributed by atoms with Crippen molar-refractivity contribution in [2.45, 2.75) is 46.3 Å². The summed E-state index contributed by atoms with van der Waals surface area (Å²) in [5.41, 5.74) is 1.11. The highest BCUT2D eigenvalue weighted by Crippen LogP contribution is 2.31. The lowest BCUT2D eigenvalue weighted by atomic mass is 10.1. The van der Waals surface area contributed by atoms with Crippen LogP contribution in [0.1, 0.15) is 43.7 Å². The zero-order valence-corrected chi connectivity index (χ0v) is 13.8. The summed E-state index contributed by atoms with van der Waals surface area (Å²) in [6.07, 6.45) is 3.74. The Labute approximate surface area is 126 Å². The Morgan fingerprint density at radius 1 is 1.45 bits per heavy atom. The summed E-state index contributed by atoms with van der Waals surface area (Å²) in [7, 11) is 1.74. The average molecular weight is 297 g/mol. The molecule has 0 amide bonds. The summed E-state index contributed by atoms with van der Waals surface area (Å²) in [5, 5.41) is 4.65. The van der Waals surface area contributed by atoms with Gasteiger partial charge in [-0.1, -0.05) is 20.3 Å². The molecule has 1 aliphatic heterocycles. The van der Waals surface area contributed by atoms with E-state index in [-0.39, 0.29) is 0 Å². The number of ether oxygens (including phenoxy) is 1. The van der Waals surface area contributed by atoms with Gasteiger partial charge < -0.3 is 15.0 Å². The van der Waals surface area contributed by atoms with Crippen molar-refractivity contribution in [3.63, 3.8) is 0 Å². The lowest BCUT2D eigenvalue weighted by Gasteiger charge is -2.14. The highest BCUT2D eigenvalue weighted by Gasteiger charge is 2.24. The van der Waals surface area contributed by atoms with Crippen LogP contribution in [0.4, 0.5) is 5.13 Å². The Bertz CT molecular complexity index is 408. The van der Waals surface area contributed by atoms with Crippen LogP contribution in [0.2, 0.25) is 0 Å². The first-order chi connectivity index (χ1) is 9.78. The zero-order chi connectivity index (χ0) is 14.4. The fourth-order valence-electron chi connectivity index (χ4n) is 2.61. The standard InChI is InChI=1S/C15H27N3OS/c1-4-7-16-9-14-13(11-19-3)17-15(20-14)18-8-6-12(5-2)10-18/h12,16H,4-11H2,1-3H3. The fourth-order valence-corrected chi connectivity index (χ4v) is 3.68. The maximum Gasteiger partial charge on any atom is 0.185 e. The molecule has 1 saturated heterocycles. The predicted octanol–water partition coefficient (Wildman–Crippen LogP) is 3.03. The molecule has 114 valence electrons. The Balaban J connectivity index is 2.04. The van der Waals surface area contributed by atoms with Crippen molar-refractivity contribution in [2.24, 2.45) is 5.92 Å². The molecule has 20 heavy (non-hydrogen) atoms. The highest BCUT2D eigenvalue weighted by molar-refractivity contribution is 7.15. The molecule has 0 aliphatic carbocycles. The minimum Gasteiger partial charge on any atom is -0.378 e. The van der Waals surface area contributed by atoms with Crippen LogP contribution in [0.15, 0.2) is 0 Å². The van der Waals surface area contributed by atoms with Crippen molar-refractivity contribution >= 4 is 16.5 Å². The Morgan fingerprint density at radius 3 is 2.95 bits per heavy atom. The molecule has 1 atom stereocenters. The molecule has 5 heteroatoms. The third-order valence-electron chi connectivity index (χ3n) is 3.89. The number of hydrogen-bond acceptors (Lipinski definition) is 5. The maximum atomic E-state index is 5.29. The van der Waals surface area contributed by atoms with Crippen LogP contribution in [-0.2, 0) is 17.9 Å². The molecule has 1 N–H and O–H groups in total. The molecule has 0 aromatic carbocycles. The van der Waals surface area contributed by atoms with Gasteiger partial charge in [-0.15, -0.1) is 11.3 Å². The van der Waals surface area contributed by atoms with Gasteiger partial charge in [0, 0.05) is 31.6 Å². The van der Waals surface area contributed by atoms with Crippen molar-refractivity contribution in [2.75, 3.05) is 31.6 Å². The van der Waals surface area contributed by atoms with Crippen molar-refractivity contribution in [3.8, 4) is 0 Å². The summed E-state index contributed by atoms with van der Waals surface area (Å²) in [6.45, 7) is 9.38. The summed E-state index contributed by atoms with van der Waals surface area (Å²) in [5.74, 6) is 0.839. The molecule has 0 bridgehead atoms. The van der Waals surface area contributed by atoms with Gasteiger partial charge in [-0.2, -0.15) is 0 Å². The fraction of sp³-hybridized carbons (Fsp3) is 0.800. The van der Waals surface area contributed by atoms with Gasteiger partial charge in [-0.05, 0) is 25.3 Å². The lowest BCUT2D eigenvalue weighted by molar-refractivity contribution is 0.181. The summed E-state index contributed by atoms with van der Waals surface area (Å²) >= 11 is 1.83. The van der Waals surface area contributed by atoms with Gasteiger partial charge in [0.15, 0.2) is 5.13 Å². The predicted molar refractivity (Wildman–Crippen MR) is 85.4 cm³/mol. The van der Waals surface area contributed by atoms with E-state index in [4.69, 9.17) is 9.72 Å². The second-order valence-electron chi connectivity index (χ2n) is 5.49. The first-order valence-electron chi connectivity index (χ1n) is 7.71. The normalized spacial score (nSPS) is 18.9. The molecule has 0 saturated carbocycles. The van der Waals surface area contributed by atoms with Crippen LogP contribution in [0.25, 0.3) is 0 Å². The lowest BCUT2D eigenvalue weighted by Crippen LogP contribution is -2.19. The molecule has 4 nitrogen and oxygen atoms in total. The highest BCUT2D eigenvalue weighted by atomic mass is 32.1. The molecule has 0 radical (unpaired) electrons. The number of anilines is 1. The van der Waals surface area contributed by atoms with E-state index in [1.807, 2.05) is 11.3 Å². The molecule has 1 aliphatic rings. The van der Waals surface area contributed by atoms with E-state index in [0.29, 0.717) is 6.61 Å². The minimum absolute atomic E-state index is 0.616. The summed E-state index contributed by atoms with van der Waals surface area (Å²) in [4.78, 5) is 8.58. The third kappa shape index (κ3) is 3.93. The molecule has 0 spiro atoms. The van der Waals surface area contributed by atoms with Gasteiger partial charge in [0.05, 0.1) is 12.3 Å². The number of nitrogens with one attached hydrogen (secondary N) is 1. The van der Waals surface area contributed by atoms with E-state index in [0.717, 1.165) is 44.2 Å². The van der Waals surface area contributed by atoms with Crippen molar-refractivity contribution in [1.82, 2.24) is 10.3 Å². The van der Waals surface area contributed by atoms with Gasteiger partial charge in [0.25, 0.3) is 0 Å². The van der Waals surface area contributed by atoms with E-state index in [2.05, 4.69) is 24.1 Å². The van der Waals surface area contributed by atoms with E-state index in [1.54, 1.807) is 7.11 Å². The van der Waals surface area contributed by atoms with Gasteiger partial charge >= 0.3 is 0 Å². The van der Waals surface area contributed by atoms with Gasteiger partial charge in [0.2, 0.25) is 0 Å². The van der Waals surface area contributed by atoms with E-state index in [1.165, 1.54) is 22.9 Å². The summed E-state index contributed by atoms with van der Waals surface area (Å²) < 4.78 is 5.29. The third-order valence-corrected chi connectivity index (χ3v) is 5.05. The zero-order valence-electron chi connectivity index (χ0n) is 12.9. The Hall–Kier alpha value is -0.650. The molecule has 2 heterocycles. The Kier molecular flexibility index (Phi) is 6.26. The number of aromatic nitrogens is 1. The molecule has 1 aromatic heterocycles. The molecule has 1 unspecified atom stereocenters. The van der Waals surface area contributed by atoms with E-state index >= 15 is 0 Å². The number of hydrogen-bond donors (Lipinski definition) is 1. The van der Waals surface area contributed by atoms with Gasteiger partial charge in [0.1, 0.15) is 0 Å². The van der Waals surface area contributed by atoms with Crippen LogP contribution in [0.5, 0.6) is 0 Å². The Morgan fingerprint density at radius 2 is 2.30 bits per heavy atom. The smallest absolute Gasteiger partial charge is 0.185 e. The van der Waals surface area contributed by atoms with E-state index < -0.39 is 0 Å². The van der Waals surface area contributed by atoms with Crippen molar-refractivity contribution in [1.29, 1.82) is 0 Å². The van der Waals surface area contributed by atoms with Gasteiger partial charge in [-0.25, -0.2) is 4.98 Å². The van der Waals surface area contributed by atoms with Crippen LogP contribution in [0.3, 0.4) is 0 Å². The second kappa shape index (κ2) is 7.96. The molecule has 2 rings (SSSR count). The quantitative estimate of drug-likeness (QED) is 0.748. The van der Waals surface area contributed by atoms with Crippen molar-refractivity contribution < 1.29 is 4.74 Å². The first kappa shape index (κ1) is 15.7. The average Bonchev–Trinajstić information content (AvgIpc) is 3.06. The molecular weight excluding hydrogens is 270 g/mol. The van der Waals surface area contributed by atoms with Crippen LogP contribution in [0, 0.1) is 5.92 Å². The van der Waals surface area contributed by atoms with Gasteiger partial charge in [-0.3, -0.25) is 0 Å². The molecular formula is C15H27N3OS. The van der Waals surface area contributed by atoms with Crippen LogP contribution in [-0.4, -0.2) is 31.7 Å². The molecule has 1 fully saturated rings.